The zero-order valence-electron chi connectivity index (χ0n) is 24.7. The van der Waals surface area contributed by atoms with Crippen molar-refractivity contribution >= 4 is 50.9 Å². The predicted molar refractivity (Wildman–Crippen MR) is 175 cm³/mol. The van der Waals surface area contributed by atoms with Crippen LogP contribution >= 0.6 is 0 Å². The molecule has 43 heavy (non-hydrogen) atoms. The third-order valence-electron chi connectivity index (χ3n) is 6.82. The lowest BCUT2D eigenvalue weighted by molar-refractivity contribution is 0.262. The number of para-hydroxylation sites is 1. The second-order valence-electron chi connectivity index (χ2n) is 11.0. The number of nitrogens with zero attached hydrogens (tertiary/aromatic N) is 1. The molecular weight excluding hydrogens is 560 g/mol. The van der Waals surface area contributed by atoms with Crippen molar-refractivity contribution < 1.29 is 18.8 Å². The molecule has 8 nitrogen and oxygen atoms in total. The molecule has 2 amide bonds. The summed E-state index contributed by atoms with van der Waals surface area (Å²) in [6, 6.07) is 28.0. The number of nitrogens with one attached hydrogen (secondary N) is 3. The van der Waals surface area contributed by atoms with Crippen molar-refractivity contribution in [2.45, 2.75) is 31.1 Å². The van der Waals surface area contributed by atoms with Crippen LogP contribution in [0.5, 0.6) is 17.2 Å². The molecule has 0 spiro atoms. The highest BCUT2D eigenvalue weighted by molar-refractivity contribution is 7.90. The lowest BCUT2D eigenvalue weighted by atomic mass is 9.86. The number of hydrogen-bond donors (Lipinski definition) is 3. The van der Waals surface area contributed by atoms with Crippen LogP contribution in [0.4, 0.5) is 27.7 Å². The number of ether oxygens (including phenoxy) is 2. The Morgan fingerprint density at radius 2 is 1.56 bits per heavy atom. The van der Waals surface area contributed by atoms with Crippen LogP contribution in [-0.4, -0.2) is 28.9 Å². The van der Waals surface area contributed by atoms with Gasteiger partial charge in [0.1, 0.15) is 23.6 Å². The molecule has 4 aromatic carbocycles. The number of aromatic nitrogens is 1. The van der Waals surface area contributed by atoms with Gasteiger partial charge in [-0.05, 0) is 58.6 Å². The highest BCUT2D eigenvalue weighted by Crippen LogP contribution is 2.39. The molecule has 9 heteroatoms. The molecule has 1 atom stereocenters. The van der Waals surface area contributed by atoms with E-state index in [9.17, 15) is 9.35 Å². The molecule has 0 aliphatic rings. The van der Waals surface area contributed by atoms with Crippen molar-refractivity contribution in [3.05, 3.63) is 103 Å². The molecule has 0 aliphatic heterocycles. The van der Waals surface area contributed by atoms with Gasteiger partial charge in [-0.1, -0.05) is 63.2 Å². The van der Waals surface area contributed by atoms with Crippen molar-refractivity contribution in [3.8, 4) is 17.2 Å². The van der Waals surface area contributed by atoms with Gasteiger partial charge in [-0.3, -0.25) is 0 Å². The van der Waals surface area contributed by atoms with Crippen molar-refractivity contribution in [1.29, 1.82) is 0 Å². The van der Waals surface area contributed by atoms with Crippen molar-refractivity contribution in [2.75, 3.05) is 29.3 Å². The summed E-state index contributed by atoms with van der Waals surface area (Å²) in [5.74, 6) is 2.28. The maximum absolute atomic E-state index is 13.3. The Balaban J connectivity index is 1.39. The van der Waals surface area contributed by atoms with Crippen LogP contribution in [0.3, 0.4) is 0 Å². The normalized spacial score (nSPS) is 12.0. The summed E-state index contributed by atoms with van der Waals surface area (Å²) >= 11 is -1.32. The van der Waals surface area contributed by atoms with Gasteiger partial charge in [0.2, 0.25) is 0 Å². The van der Waals surface area contributed by atoms with Crippen molar-refractivity contribution in [1.82, 2.24) is 4.98 Å². The van der Waals surface area contributed by atoms with E-state index in [4.69, 9.17) is 9.47 Å². The van der Waals surface area contributed by atoms with Gasteiger partial charge < -0.3 is 30.0 Å². The van der Waals surface area contributed by atoms with Crippen LogP contribution in [0.1, 0.15) is 26.3 Å². The first kappa shape index (κ1) is 29.8. The number of carbonyl (C=O) groups is 1. The van der Waals surface area contributed by atoms with E-state index in [2.05, 4.69) is 41.7 Å². The van der Waals surface area contributed by atoms with Crippen LogP contribution in [0.15, 0.2) is 102 Å². The molecule has 5 rings (SSSR count). The van der Waals surface area contributed by atoms with E-state index in [-0.39, 0.29) is 5.41 Å². The highest BCUT2D eigenvalue weighted by atomic mass is 32.2. The van der Waals surface area contributed by atoms with Gasteiger partial charge in [-0.15, -0.1) is 0 Å². The molecule has 0 aliphatic carbocycles. The molecular formula is C34H34N4O4S. The van der Waals surface area contributed by atoms with E-state index in [1.807, 2.05) is 78.9 Å². The molecule has 0 fully saturated rings. The molecule has 0 bridgehead atoms. The number of rotatable bonds is 8. The average Bonchev–Trinajstić information content (AvgIpc) is 2.98. The molecule has 1 unspecified atom stereocenters. The van der Waals surface area contributed by atoms with Crippen LogP contribution < -0.4 is 25.4 Å². The summed E-state index contributed by atoms with van der Waals surface area (Å²) in [5.41, 5.74) is 2.67. The molecule has 220 valence electrons. The van der Waals surface area contributed by atoms with Crippen LogP contribution in [0.25, 0.3) is 10.8 Å². The first-order chi connectivity index (χ1) is 20.6. The number of urea groups is 1. The predicted octanol–water partition coefficient (Wildman–Crippen LogP) is 8.46. The second kappa shape index (κ2) is 12.6. The second-order valence-corrected chi connectivity index (χ2v) is 12.3. The zero-order chi connectivity index (χ0) is 30.6. The van der Waals surface area contributed by atoms with Crippen LogP contribution in [0.2, 0.25) is 0 Å². The third-order valence-corrected chi connectivity index (χ3v) is 7.74. The minimum Gasteiger partial charge on any atom is -0.612 e. The summed E-state index contributed by atoms with van der Waals surface area (Å²) in [7, 11) is 1.50. The van der Waals surface area contributed by atoms with E-state index in [0.29, 0.717) is 39.3 Å². The van der Waals surface area contributed by atoms with E-state index >= 15 is 0 Å². The largest absolute Gasteiger partial charge is 0.612 e. The fraction of sp³-hybridized carbons (Fsp3) is 0.176. The molecule has 0 saturated carbocycles. The first-order valence-corrected chi connectivity index (χ1v) is 15.3. The first-order valence-electron chi connectivity index (χ1n) is 13.7. The Bertz CT molecular complexity index is 1750. The minimum absolute atomic E-state index is 0.230. The number of hydrogen-bond acceptors (Lipinski definition) is 6. The smallest absolute Gasteiger partial charge is 0.323 e. The van der Waals surface area contributed by atoms with Gasteiger partial charge in [0.25, 0.3) is 0 Å². The number of methoxy groups -OCH3 is 1. The monoisotopic (exact) mass is 594 g/mol. The summed E-state index contributed by atoms with van der Waals surface area (Å²) in [6.45, 7) is 6.18. The third kappa shape index (κ3) is 7.02. The van der Waals surface area contributed by atoms with E-state index in [1.165, 1.54) is 7.11 Å². The van der Waals surface area contributed by atoms with Crippen LogP contribution in [0, 0.1) is 0 Å². The average molecular weight is 595 g/mol. The van der Waals surface area contributed by atoms with Crippen molar-refractivity contribution in [3.63, 3.8) is 0 Å². The molecule has 1 heterocycles. The lowest BCUT2D eigenvalue weighted by Crippen LogP contribution is -2.22. The Kier molecular flexibility index (Phi) is 8.75. The van der Waals surface area contributed by atoms with Crippen LogP contribution in [-0.2, 0) is 16.6 Å². The van der Waals surface area contributed by atoms with Gasteiger partial charge >= 0.3 is 6.03 Å². The summed E-state index contributed by atoms with van der Waals surface area (Å²) < 4.78 is 24.4. The number of amides is 2. The van der Waals surface area contributed by atoms with E-state index in [0.717, 1.165) is 22.0 Å². The molecule has 0 radical (unpaired) electrons. The number of anilines is 4. The van der Waals surface area contributed by atoms with Gasteiger partial charge in [-0.25, -0.2) is 9.78 Å². The standard InChI is InChI=1S/C34H34N4O4S/c1-34(2,3)22-19-28(32(41-4)30(20-22)43(5)40)38-33(39)37-27-15-16-29(26-14-10-9-13-25(26)27)42-24-17-18-35-31(21-24)36-23-11-7-6-8-12-23/h6-21H,1-5H3,(H,35,36)(H2,37,38,39). The van der Waals surface area contributed by atoms with Crippen molar-refractivity contribution in [2.24, 2.45) is 0 Å². The highest BCUT2D eigenvalue weighted by Gasteiger charge is 2.25. The summed E-state index contributed by atoms with van der Waals surface area (Å²) in [4.78, 5) is 18.2. The Labute approximate surface area is 254 Å². The number of pyridine rings is 1. The summed E-state index contributed by atoms with van der Waals surface area (Å²) in [5, 5.41) is 10.8. The summed E-state index contributed by atoms with van der Waals surface area (Å²) in [6.07, 6.45) is 3.28. The lowest BCUT2D eigenvalue weighted by Gasteiger charge is -2.23. The number of fused-ring (bicyclic) bond motifs is 1. The molecule has 0 saturated heterocycles. The Hall–Kier alpha value is -4.73. The molecule has 5 aromatic rings. The topological polar surface area (TPSA) is 108 Å². The van der Waals surface area contributed by atoms with Gasteiger partial charge in [-0.2, -0.15) is 0 Å². The van der Waals surface area contributed by atoms with E-state index in [1.54, 1.807) is 24.6 Å². The molecule has 3 N–H and O–H groups in total. The molecule has 1 aromatic heterocycles. The van der Waals surface area contributed by atoms with Gasteiger partial charge in [0.15, 0.2) is 10.6 Å². The Morgan fingerprint density at radius 3 is 2.26 bits per heavy atom. The minimum atomic E-state index is -1.32. The van der Waals surface area contributed by atoms with E-state index < -0.39 is 17.2 Å². The SMILES string of the molecule is COc1c(NC(=O)Nc2ccc(Oc3ccnc(Nc4ccccc4)c3)c3ccccc23)cc(C(C)(C)C)cc1[S+](C)[O-]. The number of carbonyl (C=O) groups excluding carboxylic acids is 1. The Morgan fingerprint density at radius 1 is 0.860 bits per heavy atom. The maximum atomic E-state index is 13.3. The number of benzene rings is 4. The fourth-order valence-corrected chi connectivity index (χ4v) is 5.38. The quantitative estimate of drug-likeness (QED) is 0.156. The van der Waals surface area contributed by atoms with Gasteiger partial charge in [0, 0.05) is 34.8 Å². The van der Waals surface area contributed by atoms with Gasteiger partial charge in [0.05, 0.1) is 18.5 Å². The zero-order valence-corrected chi connectivity index (χ0v) is 25.5. The maximum Gasteiger partial charge on any atom is 0.323 e. The fourth-order valence-electron chi connectivity index (χ4n) is 4.64.